The zero-order valence-electron chi connectivity index (χ0n) is 9.96. The standard InChI is InChI=1S/C11H17ClN4O/c1-7(2)4-14-10(17)6-16-11-9(12)3-8(13)5-15-11/h3,5,7H,4,6,13H2,1-2H3,(H,14,17)(H,15,16). The van der Waals surface area contributed by atoms with Crippen LogP contribution in [0.3, 0.4) is 0 Å². The number of halogens is 1. The van der Waals surface area contributed by atoms with Gasteiger partial charge < -0.3 is 16.4 Å². The van der Waals surface area contributed by atoms with Crippen LogP contribution in [-0.4, -0.2) is 24.0 Å². The summed E-state index contributed by atoms with van der Waals surface area (Å²) < 4.78 is 0. The van der Waals surface area contributed by atoms with Gasteiger partial charge in [-0.1, -0.05) is 25.4 Å². The minimum absolute atomic E-state index is 0.0895. The fourth-order valence-electron chi connectivity index (χ4n) is 1.13. The molecule has 0 spiro atoms. The molecule has 0 unspecified atom stereocenters. The Kier molecular flexibility index (Phi) is 5.03. The maximum Gasteiger partial charge on any atom is 0.239 e. The van der Waals surface area contributed by atoms with Crippen molar-refractivity contribution < 1.29 is 4.79 Å². The first-order chi connectivity index (χ1) is 7.99. The van der Waals surface area contributed by atoms with Gasteiger partial charge in [0.1, 0.15) is 5.82 Å². The molecule has 0 saturated heterocycles. The quantitative estimate of drug-likeness (QED) is 0.746. The molecule has 6 heteroatoms. The van der Waals surface area contributed by atoms with Gasteiger partial charge in [0, 0.05) is 6.54 Å². The highest BCUT2D eigenvalue weighted by atomic mass is 35.5. The zero-order chi connectivity index (χ0) is 12.8. The molecule has 0 bridgehead atoms. The zero-order valence-corrected chi connectivity index (χ0v) is 10.7. The molecule has 5 nitrogen and oxygen atoms in total. The van der Waals surface area contributed by atoms with Crippen molar-refractivity contribution in [2.75, 3.05) is 24.1 Å². The van der Waals surface area contributed by atoms with E-state index >= 15 is 0 Å². The first kappa shape index (κ1) is 13.6. The second-order valence-electron chi connectivity index (χ2n) is 4.15. The molecule has 1 heterocycles. The van der Waals surface area contributed by atoms with Gasteiger partial charge in [0.15, 0.2) is 0 Å². The van der Waals surface area contributed by atoms with E-state index in [2.05, 4.69) is 15.6 Å². The predicted molar refractivity (Wildman–Crippen MR) is 70.0 cm³/mol. The van der Waals surface area contributed by atoms with Crippen LogP contribution in [0.1, 0.15) is 13.8 Å². The predicted octanol–water partition coefficient (Wildman–Crippen LogP) is 1.50. The van der Waals surface area contributed by atoms with E-state index in [9.17, 15) is 4.79 Å². The number of rotatable bonds is 5. The van der Waals surface area contributed by atoms with Gasteiger partial charge >= 0.3 is 0 Å². The number of anilines is 2. The molecular formula is C11H17ClN4O. The third-order valence-electron chi connectivity index (χ3n) is 1.99. The molecule has 0 aromatic carbocycles. The monoisotopic (exact) mass is 256 g/mol. The van der Waals surface area contributed by atoms with Crippen LogP contribution in [0.2, 0.25) is 5.02 Å². The minimum Gasteiger partial charge on any atom is -0.397 e. The number of hydrogen-bond acceptors (Lipinski definition) is 4. The van der Waals surface area contributed by atoms with Crippen LogP contribution >= 0.6 is 11.6 Å². The van der Waals surface area contributed by atoms with Gasteiger partial charge in [-0.3, -0.25) is 4.79 Å². The molecule has 1 aromatic heterocycles. The number of nitrogens with two attached hydrogens (primary N) is 1. The molecule has 0 aliphatic rings. The van der Waals surface area contributed by atoms with Gasteiger partial charge in [-0.2, -0.15) is 0 Å². The summed E-state index contributed by atoms with van der Waals surface area (Å²) >= 11 is 5.90. The highest BCUT2D eigenvalue weighted by Crippen LogP contribution is 2.20. The van der Waals surface area contributed by atoms with Crippen LogP contribution < -0.4 is 16.4 Å². The van der Waals surface area contributed by atoms with Crippen molar-refractivity contribution in [3.05, 3.63) is 17.3 Å². The fraction of sp³-hybridized carbons (Fsp3) is 0.455. The number of nitrogen functional groups attached to an aromatic ring is 1. The van der Waals surface area contributed by atoms with Crippen LogP contribution in [-0.2, 0) is 4.79 Å². The van der Waals surface area contributed by atoms with E-state index in [1.807, 2.05) is 13.8 Å². The average Bonchev–Trinajstić information content (AvgIpc) is 2.25. The van der Waals surface area contributed by atoms with Crippen LogP contribution in [0, 0.1) is 5.92 Å². The molecule has 1 amide bonds. The summed E-state index contributed by atoms with van der Waals surface area (Å²) in [5.41, 5.74) is 6.00. The molecule has 0 atom stereocenters. The molecular weight excluding hydrogens is 240 g/mol. The Bertz CT molecular complexity index is 395. The highest BCUT2D eigenvalue weighted by molar-refractivity contribution is 6.33. The lowest BCUT2D eigenvalue weighted by Gasteiger charge is -2.09. The van der Waals surface area contributed by atoms with E-state index in [1.165, 1.54) is 6.20 Å². The Morgan fingerprint density at radius 1 is 1.59 bits per heavy atom. The van der Waals surface area contributed by atoms with Gasteiger partial charge in [-0.25, -0.2) is 4.98 Å². The third-order valence-corrected chi connectivity index (χ3v) is 2.27. The Morgan fingerprint density at radius 2 is 2.29 bits per heavy atom. The van der Waals surface area contributed by atoms with Crippen molar-refractivity contribution in [1.29, 1.82) is 0 Å². The number of nitrogens with zero attached hydrogens (tertiary/aromatic N) is 1. The largest absolute Gasteiger partial charge is 0.397 e. The second kappa shape index (κ2) is 6.30. The third kappa shape index (κ3) is 4.91. The van der Waals surface area contributed by atoms with E-state index in [1.54, 1.807) is 6.07 Å². The normalized spacial score (nSPS) is 10.4. The molecule has 0 fully saturated rings. The molecule has 17 heavy (non-hydrogen) atoms. The average molecular weight is 257 g/mol. The topological polar surface area (TPSA) is 80.0 Å². The van der Waals surface area contributed by atoms with Crippen LogP contribution in [0.25, 0.3) is 0 Å². The summed E-state index contributed by atoms with van der Waals surface area (Å²) in [6.45, 7) is 4.87. The van der Waals surface area contributed by atoms with Gasteiger partial charge in [0.05, 0.1) is 23.5 Å². The number of aromatic nitrogens is 1. The molecule has 1 rings (SSSR count). The lowest BCUT2D eigenvalue weighted by molar-refractivity contribution is -0.119. The Balaban J connectivity index is 2.42. The van der Waals surface area contributed by atoms with Gasteiger partial charge in [0.2, 0.25) is 5.91 Å². The number of amides is 1. The second-order valence-corrected chi connectivity index (χ2v) is 4.56. The first-order valence-corrected chi connectivity index (χ1v) is 5.78. The van der Waals surface area contributed by atoms with Gasteiger partial charge in [-0.05, 0) is 12.0 Å². The van der Waals surface area contributed by atoms with E-state index in [0.29, 0.717) is 29.0 Å². The fourth-order valence-corrected chi connectivity index (χ4v) is 1.37. The van der Waals surface area contributed by atoms with E-state index in [-0.39, 0.29) is 12.5 Å². The molecule has 0 radical (unpaired) electrons. The maximum atomic E-state index is 11.4. The van der Waals surface area contributed by atoms with E-state index < -0.39 is 0 Å². The number of carbonyl (C=O) groups is 1. The smallest absolute Gasteiger partial charge is 0.239 e. The summed E-state index contributed by atoms with van der Waals surface area (Å²) in [7, 11) is 0. The number of hydrogen-bond donors (Lipinski definition) is 3. The number of pyridine rings is 1. The van der Waals surface area contributed by atoms with Crippen LogP contribution in [0.15, 0.2) is 12.3 Å². The van der Waals surface area contributed by atoms with Crippen molar-refractivity contribution in [1.82, 2.24) is 10.3 Å². The highest BCUT2D eigenvalue weighted by Gasteiger charge is 2.05. The maximum absolute atomic E-state index is 11.4. The van der Waals surface area contributed by atoms with Gasteiger partial charge in [0.25, 0.3) is 0 Å². The summed E-state index contributed by atoms with van der Waals surface area (Å²) in [6, 6.07) is 1.59. The summed E-state index contributed by atoms with van der Waals surface area (Å²) in [4.78, 5) is 15.4. The number of nitrogens with one attached hydrogen (secondary N) is 2. The minimum atomic E-state index is -0.0895. The molecule has 0 aliphatic carbocycles. The summed E-state index contributed by atoms with van der Waals surface area (Å²) in [5.74, 6) is 0.797. The van der Waals surface area contributed by atoms with Crippen molar-refractivity contribution in [3.8, 4) is 0 Å². The summed E-state index contributed by atoms with van der Waals surface area (Å²) in [6.07, 6.45) is 1.49. The molecule has 0 saturated carbocycles. The Labute approximate surface area is 106 Å². The van der Waals surface area contributed by atoms with E-state index in [0.717, 1.165) is 0 Å². The molecule has 94 valence electrons. The van der Waals surface area contributed by atoms with Crippen molar-refractivity contribution >= 4 is 29.0 Å². The first-order valence-electron chi connectivity index (χ1n) is 5.40. The molecule has 1 aromatic rings. The van der Waals surface area contributed by atoms with Crippen LogP contribution in [0.4, 0.5) is 11.5 Å². The lowest BCUT2D eigenvalue weighted by atomic mass is 10.2. The Morgan fingerprint density at radius 3 is 2.88 bits per heavy atom. The molecule has 4 N–H and O–H groups in total. The number of carbonyl (C=O) groups excluding carboxylic acids is 1. The van der Waals surface area contributed by atoms with Crippen molar-refractivity contribution in [3.63, 3.8) is 0 Å². The lowest BCUT2D eigenvalue weighted by Crippen LogP contribution is -2.32. The Hall–Kier alpha value is -1.49. The summed E-state index contributed by atoms with van der Waals surface area (Å²) in [5, 5.41) is 6.04. The SMILES string of the molecule is CC(C)CNC(=O)CNc1ncc(N)cc1Cl. The van der Waals surface area contributed by atoms with Gasteiger partial charge in [-0.15, -0.1) is 0 Å². The van der Waals surface area contributed by atoms with Crippen LogP contribution in [0.5, 0.6) is 0 Å². The van der Waals surface area contributed by atoms with Crippen molar-refractivity contribution in [2.24, 2.45) is 5.92 Å². The molecule has 0 aliphatic heterocycles. The van der Waals surface area contributed by atoms with E-state index in [4.69, 9.17) is 17.3 Å². The van der Waals surface area contributed by atoms with Crippen molar-refractivity contribution in [2.45, 2.75) is 13.8 Å².